The van der Waals surface area contributed by atoms with Crippen molar-refractivity contribution in [3.05, 3.63) is 88.4 Å². The van der Waals surface area contributed by atoms with Crippen molar-refractivity contribution in [2.45, 2.75) is 46.6 Å². The van der Waals surface area contributed by atoms with E-state index in [0.717, 1.165) is 30.8 Å². The monoisotopic (exact) mass is 403 g/mol. The summed E-state index contributed by atoms with van der Waals surface area (Å²) in [5.41, 5.74) is 13.5. The first-order valence-corrected chi connectivity index (χ1v) is 10.6. The van der Waals surface area contributed by atoms with E-state index >= 15 is 0 Å². The first kappa shape index (κ1) is 21.8. The SMILES string of the molecule is C=C1C=C(C(=O)N2CCCC(N)C2)C=CN1/C(C)=C(C)/C(C)=C/c1ccccc1C. The van der Waals surface area contributed by atoms with Gasteiger partial charge in [-0.2, -0.15) is 0 Å². The molecule has 4 heteroatoms. The Morgan fingerprint density at radius 1 is 1.23 bits per heavy atom. The molecule has 0 saturated carbocycles. The van der Waals surface area contributed by atoms with Gasteiger partial charge in [0.15, 0.2) is 0 Å². The molecule has 1 unspecified atom stereocenters. The molecule has 0 aliphatic carbocycles. The molecule has 3 rings (SSSR count). The van der Waals surface area contributed by atoms with Crippen LogP contribution in [-0.4, -0.2) is 34.8 Å². The van der Waals surface area contributed by atoms with Crippen LogP contribution in [-0.2, 0) is 4.79 Å². The third-order valence-corrected chi connectivity index (χ3v) is 6.08. The maximum atomic E-state index is 12.9. The number of piperidine rings is 1. The lowest BCUT2D eigenvalue weighted by atomic mass is 10.0. The van der Waals surface area contributed by atoms with Crippen LogP contribution in [0.3, 0.4) is 0 Å². The minimum atomic E-state index is 0.0381. The number of allylic oxidation sites excluding steroid dienone is 4. The molecule has 1 saturated heterocycles. The fraction of sp³-hybridized carbons (Fsp3) is 0.346. The van der Waals surface area contributed by atoms with Crippen LogP contribution in [0.5, 0.6) is 0 Å². The largest absolute Gasteiger partial charge is 0.337 e. The molecule has 1 aromatic rings. The molecule has 2 heterocycles. The summed E-state index contributed by atoms with van der Waals surface area (Å²) < 4.78 is 0. The lowest BCUT2D eigenvalue weighted by Crippen LogP contribution is -2.46. The van der Waals surface area contributed by atoms with Crippen LogP contribution >= 0.6 is 0 Å². The maximum absolute atomic E-state index is 12.9. The van der Waals surface area contributed by atoms with E-state index in [0.29, 0.717) is 12.1 Å². The highest BCUT2D eigenvalue weighted by Crippen LogP contribution is 2.27. The summed E-state index contributed by atoms with van der Waals surface area (Å²) in [6.07, 6.45) is 9.87. The molecular formula is C26H33N3O. The van der Waals surface area contributed by atoms with Gasteiger partial charge in [-0.25, -0.2) is 0 Å². The van der Waals surface area contributed by atoms with Crippen LogP contribution in [0.25, 0.3) is 6.08 Å². The molecule has 1 aromatic carbocycles. The van der Waals surface area contributed by atoms with Crippen LogP contribution in [0.2, 0.25) is 0 Å². The zero-order chi connectivity index (χ0) is 21.8. The van der Waals surface area contributed by atoms with Gasteiger partial charge in [-0.3, -0.25) is 4.79 Å². The normalized spacial score (nSPS) is 20.8. The molecular weight excluding hydrogens is 370 g/mol. The van der Waals surface area contributed by atoms with E-state index in [-0.39, 0.29) is 11.9 Å². The third-order valence-electron chi connectivity index (χ3n) is 6.08. The second-order valence-electron chi connectivity index (χ2n) is 8.32. The Hall–Kier alpha value is -2.85. The number of nitrogens with zero attached hydrogens (tertiary/aromatic N) is 2. The minimum absolute atomic E-state index is 0.0381. The zero-order valence-electron chi connectivity index (χ0n) is 18.6. The minimum Gasteiger partial charge on any atom is -0.337 e. The standard InChI is InChI=1S/C26H33N3O/c1-18-9-6-7-10-23(18)15-19(2)21(4)22(5)29-14-12-24(16-20(29)3)26(30)28-13-8-11-25(27)17-28/h6-7,9-10,12,14-16,25H,3,8,11,13,17,27H2,1-2,4-5H3/b19-15+,22-21+. The number of amides is 1. The smallest absolute Gasteiger partial charge is 0.254 e. The number of hydrogen-bond donors (Lipinski definition) is 1. The molecule has 0 spiro atoms. The molecule has 1 atom stereocenters. The van der Waals surface area contributed by atoms with Crippen molar-refractivity contribution < 1.29 is 4.79 Å². The quantitative estimate of drug-likeness (QED) is 0.727. The van der Waals surface area contributed by atoms with Crippen molar-refractivity contribution in [1.82, 2.24) is 9.80 Å². The molecule has 0 aromatic heterocycles. The van der Waals surface area contributed by atoms with E-state index in [2.05, 4.69) is 64.6 Å². The van der Waals surface area contributed by atoms with Gasteiger partial charge < -0.3 is 15.5 Å². The van der Waals surface area contributed by atoms with Gasteiger partial charge in [-0.15, -0.1) is 0 Å². The number of carbonyl (C=O) groups is 1. The lowest BCUT2D eigenvalue weighted by Gasteiger charge is -2.32. The van der Waals surface area contributed by atoms with Crippen LogP contribution < -0.4 is 5.73 Å². The first-order chi connectivity index (χ1) is 14.3. The summed E-state index contributed by atoms with van der Waals surface area (Å²) >= 11 is 0. The van der Waals surface area contributed by atoms with Gasteiger partial charge in [0.1, 0.15) is 0 Å². The Kier molecular flexibility index (Phi) is 6.78. The van der Waals surface area contributed by atoms with E-state index in [1.54, 1.807) is 0 Å². The molecule has 0 radical (unpaired) electrons. The van der Waals surface area contributed by atoms with Gasteiger partial charge in [0.2, 0.25) is 0 Å². The Labute approximate surface area is 180 Å². The average molecular weight is 404 g/mol. The number of nitrogens with two attached hydrogens (primary N) is 1. The van der Waals surface area contributed by atoms with Gasteiger partial charge >= 0.3 is 0 Å². The summed E-state index contributed by atoms with van der Waals surface area (Å²) in [5, 5.41) is 0. The van der Waals surface area contributed by atoms with Crippen LogP contribution in [0.1, 0.15) is 44.7 Å². The van der Waals surface area contributed by atoms with Crippen LogP contribution in [0.4, 0.5) is 0 Å². The molecule has 2 aliphatic heterocycles. The van der Waals surface area contributed by atoms with Crippen molar-refractivity contribution in [1.29, 1.82) is 0 Å². The van der Waals surface area contributed by atoms with E-state index in [4.69, 9.17) is 5.73 Å². The molecule has 2 aliphatic rings. The molecule has 1 fully saturated rings. The summed E-state index contributed by atoms with van der Waals surface area (Å²) in [6.45, 7) is 14.1. The fourth-order valence-corrected chi connectivity index (χ4v) is 3.94. The van der Waals surface area contributed by atoms with Crippen LogP contribution in [0, 0.1) is 6.92 Å². The molecule has 1 amide bonds. The fourth-order valence-electron chi connectivity index (χ4n) is 3.94. The van der Waals surface area contributed by atoms with Gasteiger partial charge in [0, 0.05) is 42.3 Å². The second kappa shape index (κ2) is 9.31. The van der Waals surface area contributed by atoms with Crippen molar-refractivity contribution in [3.8, 4) is 0 Å². The van der Waals surface area contributed by atoms with E-state index in [1.165, 1.54) is 22.3 Å². The Morgan fingerprint density at radius 2 is 1.97 bits per heavy atom. The lowest BCUT2D eigenvalue weighted by molar-refractivity contribution is -0.127. The van der Waals surface area contributed by atoms with Gasteiger partial charge in [0.25, 0.3) is 5.91 Å². The number of rotatable bonds is 4. The van der Waals surface area contributed by atoms with Crippen LogP contribution in [0.15, 0.2) is 77.3 Å². The predicted molar refractivity (Wildman–Crippen MR) is 125 cm³/mol. The van der Waals surface area contributed by atoms with E-state index in [9.17, 15) is 4.79 Å². The van der Waals surface area contributed by atoms with Crippen molar-refractivity contribution >= 4 is 12.0 Å². The zero-order valence-corrected chi connectivity index (χ0v) is 18.6. The molecule has 4 nitrogen and oxygen atoms in total. The van der Waals surface area contributed by atoms with E-state index in [1.807, 2.05) is 28.2 Å². The number of carbonyl (C=O) groups excluding carboxylic acids is 1. The predicted octanol–water partition coefficient (Wildman–Crippen LogP) is 4.91. The summed E-state index contributed by atoms with van der Waals surface area (Å²) in [5.74, 6) is 0.0381. The Morgan fingerprint density at radius 3 is 2.63 bits per heavy atom. The average Bonchev–Trinajstić information content (AvgIpc) is 2.73. The molecule has 158 valence electrons. The number of benzene rings is 1. The third kappa shape index (κ3) is 4.82. The topological polar surface area (TPSA) is 49.6 Å². The summed E-state index contributed by atoms with van der Waals surface area (Å²) in [6, 6.07) is 8.45. The van der Waals surface area contributed by atoms with Gasteiger partial charge in [-0.05, 0) is 75.0 Å². The highest BCUT2D eigenvalue weighted by molar-refractivity contribution is 5.97. The second-order valence-corrected chi connectivity index (χ2v) is 8.32. The van der Waals surface area contributed by atoms with Gasteiger partial charge in [0.05, 0.1) is 0 Å². The Balaban J connectivity index is 1.77. The molecule has 30 heavy (non-hydrogen) atoms. The first-order valence-electron chi connectivity index (χ1n) is 10.6. The number of hydrogen-bond acceptors (Lipinski definition) is 3. The highest BCUT2D eigenvalue weighted by Gasteiger charge is 2.25. The van der Waals surface area contributed by atoms with Crippen molar-refractivity contribution in [2.75, 3.05) is 13.1 Å². The highest BCUT2D eigenvalue weighted by atomic mass is 16.2. The summed E-state index contributed by atoms with van der Waals surface area (Å²) in [7, 11) is 0. The Bertz CT molecular complexity index is 964. The van der Waals surface area contributed by atoms with Crippen molar-refractivity contribution in [3.63, 3.8) is 0 Å². The molecule has 2 N–H and O–H groups in total. The summed E-state index contributed by atoms with van der Waals surface area (Å²) in [4.78, 5) is 16.8. The molecule has 0 bridgehead atoms. The van der Waals surface area contributed by atoms with E-state index < -0.39 is 0 Å². The number of aryl methyl sites for hydroxylation is 1. The number of likely N-dealkylation sites (tertiary alicyclic amines) is 1. The van der Waals surface area contributed by atoms with Gasteiger partial charge in [-0.1, -0.05) is 36.9 Å². The van der Waals surface area contributed by atoms with Crippen molar-refractivity contribution in [2.24, 2.45) is 5.73 Å². The maximum Gasteiger partial charge on any atom is 0.254 e.